The SMILES string of the molecule is [2H]c1c([2H])c([2H])c(N(c2c([2H])c([2H])c(-c3cccc4sc5ccccc5c34)c([2H])c2[2H])c2cccc3oc4c5ccccc5ccc4c23)c(-c2ccccc2)c1[2H]. The second-order valence-electron chi connectivity index (χ2n) is 11.8. The van der Waals surface area contributed by atoms with Crippen molar-refractivity contribution < 1.29 is 15.4 Å². The standard InChI is InChI=1S/C46H29NOS/c1-2-12-30(13-3-1)34-15-6-8-19-39(34)47(40-20-11-21-41-45(40)38-29-26-31-14-4-5-16-36(31)46(38)48-41)33-27-24-32(25-28-33)35-18-10-23-43-44(35)37-17-7-9-22-42(37)49-43/h1-29H/i6D,8D,15D,19D,24D,25D,27D,28D. The van der Waals surface area contributed by atoms with Crippen molar-refractivity contribution in [3.05, 3.63) is 176 Å². The highest BCUT2D eigenvalue weighted by Crippen LogP contribution is 2.47. The van der Waals surface area contributed by atoms with Crippen LogP contribution < -0.4 is 4.90 Å². The Morgan fingerprint density at radius 3 is 2.14 bits per heavy atom. The van der Waals surface area contributed by atoms with E-state index in [1.54, 1.807) is 47.7 Å². The van der Waals surface area contributed by atoms with Crippen molar-refractivity contribution in [2.75, 3.05) is 4.90 Å². The van der Waals surface area contributed by atoms with Crippen molar-refractivity contribution in [2.45, 2.75) is 0 Å². The van der Waals surface area contributed by atoms with Crippen LogP contribution in [-0.4, -0.2) is 0 Å². The van der Waals surface area contributed by atoms with E-state index in [4.69, 9.17) is 7.16 Å². The van der Waals surface area contributed by atoms with Crippen molar-refractivity contribution in [2.24, 2.45) is 0 Å². The van der Waals surface area contributed by atoms with E-state index in [0.717, 1.165) is 30.9 Å². The topological polar surface area (TPSA) is 16.4 Å². The molecule has 0 unspecified atom stereocenters. The molecule has 10 aromatic rings. The van der Waals surface area contributed by atoms with Gasteiger partial charge in [-0.05, 0) is 70.5 Å². The molecule has 8 aromatic carbocycles. The van der Waals surface area contributed by atoms with Crippen LogP contribution in [0.25, 0.3) is 75.1 Å². The molecular weight excluding hydrogens is 615 g/mol. The molecule has 0 aliphatic heterocycles. The third-order valence-corrected chi connectivity index (χ3v) is 10.2. The Bertz CT molecular complexity index is 3270. The molecule has 0 saturated carbocycles. The van der Waals surface area contributed by atoms with Gasteiger partial charge in [-0.15, -0.1) is 11.3 Å². The minimum absolute atomic E-state index is 0.0191. The van der Waals surface area contributed by atoms with Crippen LogP contribution >= 0.6 is 11.3 Å². The molecular formula is C46H29NOS. The molecule has 2 heterocycles. The van der Waals surface area contributed by atoms with Gasteiger partial charge >= 0.3 is 0 Å². The van der Waals surface area contributed by atoms with Crippen molar-refractivity contribution in [3.8, 4) is 22.3 Å². The van der Waals surface area contributed by atoms with E-state index < -0.39 is 18.1 Å². The highest BCUT2D eigenvalue weighted by molar-refractivity contribution is 7.25. The molecule has 0 saturated heterocycles. The first-order valence-electron chi connectivity index (χ1n) is 20.0. The van der Waals surface area contributed by atoms with Crippen LogP contribution in [-0.2, 0) is 0 Å². The minimum atomic E-state index is -0.502. The molecule has 0 fully saturated rings. The summed E-state index contributed by atoms with van der Waals surface area (Å²) < 4.78 is 83.7. The minimum Gasteiger partial charge on any atom is -0.455 e. The molecule has 0 bridgehead atoms. The highest BCUT2D eigenvalue weighted by Gasteiger charge is 2.22. The Morgan fingerprint density at radius 1 is 0.490 bits per heavy atom. The number of nitrogens with zero attached hydrogens (tertiary/aromatic N) is 1. The molecule has 0 aliphatic rings. The number of fused-ring (bicyclic) bond motifs is 8. The van der Waals surface area contributed by atoms with Crippen molar-refractivity contribution in [3.63, 3.8) is 0 Å². The quantitative estimate of drug-likeness (QED) is 0.184. The van der Waals surface area contributed by atoms with Gasteiger partial charge in [0, 0.05) is 42.2 Å². The zero-order valence-electron chi connectivity index (χ0n) is 33.9. The first kappa shape index (κ1) is 20.9. The van der Waals surface area contributed by atoms with Gasteiger partial charge in [0.05, 0.1) is 27.7 Å². The number of thiophene rings is 1. The molecule has 0 radical (unpaired) electrons. The lowest BCUT2D eigenvalue weighted by molar-refractivity contribution is 0.672. The fourth-order valence-corrected chi connectivity index (χ4v) is 8.03. The summed E-state index contributed by atoms with van der Waals surface area (Å²) in [5.41, 5.74) is 2.61. The summed E-state index contributed by atoms with van der Waals surface area (Å²) in [5.74, 6) is 0. The number of hydrogen-bond donors (Lipinski definition) is 0. The second-order valence-corrected chi connectivity index (χ2v) is 12.9. The van der Waals surface area contributed by atoms with Gasteiger partial charge in [0.1, 0.15) is 11.2 Å². The largest absolute Gasteiger partial charge is 0.455 e. The van der Waals surface area contributed by atoms with E-state index in [-0.39, 0.29) is 52.7 Å². The van der Waals surface area contributed by atoms with Gasteiger partial charge in [-0.25, -0.2) is 0 Å². The molecule has 0 atom stereocenters. The number of furan rings is 1. The Hall–Kier alpha value is -6.16. The Morgan fingerprint density at radius 2 is 1.24 bits per heavy atom. The molecule has 2 aromatic heterocycles. The van der Waals surface area contributed by atoms with E-state index in [2.05, 4.69) is 0 Å². The van der Waals surface area contributed by atoms with Gasteiger partial charge in [0.15, 0.2) is 0 Å². The predicted molar refractivity (Wildman–Crippen MR) is 210 cm³/mol. The van der Waals surface area contributed by atoms with Gasteiger partial charge in [0.25, 0.3) is 0 Å². The van der Waals surface area contributed by atoms with Crippen LogP contribution in [0.3, 0.4) is 0 Å². The highest BCUT2D eigenvalue weighted by atomic mass is 32.1. The fraction of sp³-hybridized carbons (Fsp3) is 0. The van der Waals surface area contributed by atoms with E-state index >= 15 is 0 Å². The van der Waals surface area contributed by atoms with Crippen LogP contribution in [0.5, 0.6) is 0 Å². The number of anilines is 3. The average Bonchev–Trinajstić information content (AvgIpc) is 3.82. The maximum absolute atomic E-state index is 9.78. The lowest BCUT2D eigenvalue weighted by Gasteiger charge is -2.28. The first-order valence-corrected chi connectivity index (χ1v) is 16.8. The third kappa shape index (κ3) is 4.47. The summed E-state index contributed by atoms with van der Waals surface area (Å²) in [6.07, 6.45) is 0. The molecule has 0 spiro atoms. The first-order chi connectivity index (χ1) is 27.7. The maximum atomic E-state index is 9.78. The summed E-state index contributed by atoms with van der Waals surface area (Å²) in [5, 5.41) is 4.94. The van der Waals surface area contributed by atoms with Crippen molar-refractivity contribution in [1.82, 2.24) is 0 Å². The molecule has 0 N–H and O–H groups in total. The number of para-hydroxylation sites is 1. The van der Waals surface area contributed by atoms with Gasteiger partial charge in [0.2, 0.25) is 0 Å². The lowest BCUT2D eigenvalue weighted by atomic mass is 9.98. The van der Waals surface area contributed by atoms with Crippen molar-refractivity contribution >= 4 is 81.3 Å². The number of benzene rings is 8. The fourth-order valence-electron chi connectivity index (χ4n) is 6.90. The molecule has 3 heteroatoms. The number of rotatable bonds is 5. The molecule has 0 amide bonds. The predicted octanol–water partition coefficient (Wildman–Crippen LogP) is 13.9. The smallest absolute Gasteiger partial charge is 0.143 e. The summed E-state index contributed by atoms with van der Waals surface area (Å²) in [6.45, 7) is 0. The Labute approximate surface area is 299 Å². The molecule has 2 nitrogen and oxygen atoms in total. The van der Waals surface area contributed by atoms with E-state index in [0.29, 0.717) is 38.8 Å². The summed E-state index contributed by atoms with van der Waals surface area (Å²) in [6, 6.07) is 36.6. The molecule has 230 valence electrons. The third-order valence-electron chi connectivity index (χ3n) is 9.07. The van der Waals surface area contributed by atoms with Crippen LogP contribution in [0.4, 0.5) is 17.1 Å². The van der Waals surface area contributed by atoms with Crippen molar-refractivity contribution in [1.29, 1.82) is 0 Å². The normalized spacial score (nSPS) is 14.0. The number of hydrogen-bond acceptors (Lipinski definition) is 3. The van der Waals surface area contributed by atoms with Crippen LogP contribution in [0.15, 0.2) is 180 Å². The van der Waals surface area contributed by atoms with Crippen LogP contribution in [0.2, 0.25) is 0 Å². The van der Waals surface area contributed by atoms with Gasteiger partial charge in [-0.2, -0.15) is 0 Å². The lowest BCUT2D eigenvalue weighted by Crippen LogP contribution is -2.11. The van der Waals surface area contributed by atoms with Gasteiger partial charge < -0.3 is 9.32 Å². The van der Waals surface area contributed by atoms with Crippen LogP contribution in [0, 0.1) is 0 Å². The van der Waals surface area contributed by atoms with Gasteiger partial charge in [-0.3, -0.25) is 0 Å². The summed E-state index contributed by atoms with van der Waals surface area (Å²) in [7, 11) is 0. The zero-order chi connectivity index (χ0) is 39.3. The Kier molecular flexibility index (Phi) is 4.80. The Balaban J connectivity index is 1.35. The zero-order valence-corrected chi connectivity index (χ0v) is 26.7. The second kappa shape index (κ2) is 11.2. The average molecular weight is 652 g/mol. The van der Waals surface area contributed by atoms with Crippen LogP contribution in [0.1, 0.15) is 11.0 Å². The molecule has 0 aliphatic carbocycles. The summed E-state index contributed by atoms with van der Waals surface area (Å²) >= 11 is 1.60. The summed E-state index contributed by atoms with van der Waals surface area (Å²) in [4.78, 5) is 1.48. The molecule has 10 rings (SSSR count). The monoisotopic (exact) mass is 651 g/mol. The van der Waals surface area contributed by atoms with Gasteiger partial charge in [-0.1, -0.05) is 127 Å². The molecule has 49 heavy (non-hydrogen) atoms. The van der Waals surface area contributed by atoms with E-state index in [9.17, 15) is 8.22 Å². The van der Waals surface area contributed by atoms with E-state index in [1.165, 1.54) is 4.90 Å². The maximum Gasteiger partial charge on any atom is 0.143 e. The van der Waals surface area contributed by atoms with E-state index in [1.807, 2.05) is 91.0 Å².